The van der Waals surface area contributed by atoms with E-state index in [1.54, 1.807) is 0 Å². The summed E-state index contributed by atoms with van der Waals surface area (Å²) in [6.45, 7) is 4.46. The average Bonchev–Trinajstić information content (AvgIpc) is 2.38. The first-order chi connectivity index (χ1) is 8.58. The summed E-state index contributed by atoms with van der Waals surface area (Å²) in [5.74, 6) is -0.263. The highest BCUT2D eigenvalue weighted by Crippen LogP contribution is 2.14. The molecule has 1 heterocycles. The van der Waals surface area contributed by atoms with E-state index in [2.05, 4.69) is 10.3 Å². The monoisotopic (exact) mass is 252 g/mol. The first-order valence-corrected chi connectivity index (χ1v) is 6.19. The Balaban J connectivity index is 2.58. The molecule has 1 aromatic heterocycles. The van der Waals surface area contributed by atoms with Gasteiger partial charge >= 0.3 is 5.97 Å². The van der Waals surface area contributed by atoms with Crippen LogP contribution >= 0.6 is 0 Å². The molecule has 1 aromatic rings. The average molecular weight is 252 g/mol. The zero-order chi connectivity index (χ0) is 13.5. The predicted octanol–water partition coefficient (Wildman–Crippen LogP) is 1.99. The number of aromatic nitrogens is 1. The molecule has 5 heteroatoms. The molecule has 0 saturated carbocycles. The summed E-state index contributed by atoms with van der Waals surface area (Å²) in [6.07, 6.45) is 2.83. The first kappa shape index (κ1) is 14.4. The Morgan fingerprint density at radius 3 is 2.67 bits per heavy atom. The molecule has 0 saturated heterocycles. The lowest BCUT2D eigenvalue weighted by Gasteiger charge is -2.20. The number of nitrogens with zero attached hydrogens (tertiary/aromatic N) is 1. The lowest BCUT2D eigenvalue weighted by molar-refractivity contribution is 0.0697. The van der Waals surface area contributed by atoms with Crippen LogP contribution in [0.5, 0.6) is 0 Å². The van der Waals surface area contributed by atoms with Crippen molar-refractivity contribution in [3.63, 3.8) is 0 Å². The van der Waals surface area contributed by atoms with Crippen molar-refractivity contribution in [1.82, 2.24) is 4.98 Å². The van der Waals surface area contributed by atoms with Crippen LogP contribution in [0.25, 0.3) is 0 Å². The highest BCUT2D eigenvalue weighted by atomic mass is 16.4. The molecule has 0 aliphatic heterocycles. The SMILES string of the molecule is CCC(CC)C(O)CNc1cc(C(=O)O)ccn1. The molecule has 100 valence electrons. The molecular weight excluding hydrogens is 232 g/mol. The number of aliphatic hydroxyl groups excluding tert-OH is 1. The molecular formula is C13H20N2O3. The summed E-state index contributed by atoms with van der Waals surface area (Å²) in [7, 11) is 0. The van der Waals surface area contributed by atoms with Crippen LogP contribution in [0, 0.1) is 5.92 Å². The molecule has 18 heavy (non-hydrogen) atoms. The van der Waals surface area contributed by atoms with Crippen LogP contribution in [0.4, 0.5) is 5.82 Å². The third-order valence-corrected chi connectivity index (χ3v) is 3.09. The lowest BCUT2D eigenvalue weighted by atomic mass is 9.96. The van der Waals surface area contributed by atoms with Gasteiger partial charge in [-0.25, -0.2) is 9.78 Å². The maximum atomic E-state index is 10.8. The maximum Gasteiger partial charge on any atom is 0.335 e. The van der Waals surface area contributed by atoms with E-state index < -0.39 is 12.1 Å². The third-order valence-electron chi connectivity index (χ3n) is 3.09. The van der Waals surface area contributed by atoms with Gasteiger partial charge in [-0.1, -0.05) is 26.7 Å². The van der Waals surface area contributed by atoms with Gasteiger partial charge in [0.15, 0.2) is 0 Å². The van der Waals surface area contributed by atoms with Gasteiger partial charge in [-0.2, -0.15) is 0 Å². The Morgan fingerprint density at radius 2 is 2.11 bits per heavy atom. The summed E-state index contributed by atoms with van der Waals surface area (Å²) in [4.78, 5) is 14.8. The fraction of sp³-hybridized carbons (Fsp3) is 0.538. The number of hydrogen-bond donors (Lipinski definition) is 3. The molecule has 0 aliphatic carbocycles. The Labute approximate surface area is 107 Å². The van der Waals surface area contributed by atoms with Gasteiger partial charge < -0.3 is 15.5 Å². The Bertz CT molecular complexity index is 392. The quantitative estimate of drug-likeness (QED) is 0.691. The van der Waals surface area contributed by atoms with Crippen molar-refractivity contribution in [2.24, 2.45) is 5.92 Å². The Hall–Kier alpha value is -1.62. The Morgan fingerprint density at radius 1 is 1.44 bits per heavy atom. The minimum Gasteiger partial charge on any atom is -0.478 e. The molecule has 0 spiro atoms. The molecule has 1 rings (SSSR count). The fourth-order valence-electron chi connectivity index (χ4n) is 1.87. The van der Waals surface area contributed by atoms with Crippen LogP contribution < -0.4 is 5.32 Å². The molecule has 0 radical (unpaired) electrons. The number of carboxylic acid groups (broad SMARTS) is 1. The van der Waals surface area contributed by atoms with E-state index in [9.17, 15) is 9.90 Å². The molecule has 0 bridgehead atoms. The largest absolute Gasteiger partial charge is 0.478 e. The Kier molecular flexibility index (Phi) is 5.58. The molecule has 0 fully saturated rings. The topological polar surface area (TPSA) is 82.5 Å². The lowest BCUT2D eigenvalue weighted by Crippen LogP contribution is -2.28. The second-order valence-electron chi connectivity index (χ2n) is 4.26. The summed E-state index contributed by atoms with van der Waals surface area (Å²) >= 11 is 0. The van der Waals surface area contributed by atoms with Gasteiger partial charge in [-0.3, -0.25) is 0 Å². The number of nitrogens with one attached hydrogen (secondary N) is 1. The summed E-state index contributed by atoms with van der Waals surface area (Å²) < 4.78 is 0. The molecule has 1 unspecified atom stereocenters. The van der Waals surface area contributed by atoms with E-state index in [0.29, 0.717) is 12.4 Å². The zero-order valence-electron chi connectivity index (χ0n) is 10.8. The van der Waals surface area contributed by atoms with E-state index in [1.165, 1.54) is 18.3 Å². The highest BCUT2D eigenvalue weighted by Gasteiger charge is 2.15. The number of carbonyl (C=O) groups is 1. The first-order valence-electron chi connectivity index (χ1n) is 6.19. The van der Waals surface area contributed by atoms with Gasteiger partial charge in [-0.05, 0) is 18.1 Å². The van der Waals surface area contributed by atoms with Gasteiger partial charge in [0.25, 0.3) is 0 Å². The third kappa shape index (κ3) is 4.00. The fourth-order valence-corrected chi connectivity index (χ4v) is 1.87. The van der Waals surface area contributed by atoms with Crippen molar-refractivity contribution in [1.29, 1.82) is 0 Å². The summed E-state index contributed by atoms with van der Waals surface area (Å²) in [5, 5.41) is 21.8. The number of aromatic carboxylic acids is 1. The van der Waals surface area contributed by atoms with E-state index in [1.807, 2.05) is 13.8 Å². The summed E-state index contributed by atoms with van der Waals surface area (Å²) in [5.41, 5.74) is 0.185. The van der Waals surface area contributed by atoms with E-state index in [4.69, 9.17) is 5.11 Å². The number of aliphatic hydroxyl groups is 1. The normalized spacial score (nSPS) is 12.4. The minimum absolute atomic E-state index is 0.185. The van der Waals surface area contributed by atoms with Crippen molar-refractivity contribution in [2.75, 3.05) is 11.9 Å². The predicted molar refractivity (Wildman–Crippen MR) is 69.8 cm³/mol. The van der Waals surface area contributed by atoms with Crippen molar-refractivity contribution in [2.45, 2.75) is 32.8 Å². The van der Waals surface area contributed by atoms with Gasteiger partial charge in [0.05, 0.1) is 11.7 Å². The van der Waals surface area contributed by atoms with Crippen molar-refractivity contribution < 1.29 is 15.0 Å². The minimum atomic E-state index is -0.985. The number of anilines is 1. The van der Waals surface area contributed by atoms with Crippen molar-refractivity contribution >= 4 is 11.8 Å². The van der Waals surface area contributed by atoms with Crippen LogP contribution in [0.1, 0.15) is 37.0 Å². The van der Waals surface area contributed by atoms with Gasteiger partial charge in [0.2, 0.25) is 0 Å². The molecule has 0 amide bonds. The number of hydrogen-bond acceptors (Lipinski definition) is 4. The van der Waals surface area contributed by atoms with Crippen molar-refractivity contribution in [3.8, 4) is 0 Å². The van der Waals surface area contributed by atoms with Crippen molar-refractivity contribution in [3.05, 3.63) is 23.9 Å². The molecule has 0 aromatic carbocycles. The molecule has 0 aliphatic rings. The molecule has 1 atom stereocenters. The van der Waals surface area contributed by atoms with E-state index >= 15 is 0 Å². The number of pyridine rings is 1. The van der Waals surface area contributed by atoms with Gasteiger partial charge in [-0.15, -0.1) is 0 Å². The second kappa shape index (κ2) is 6.96. The van der Waals surface area contributed by atoms with Crippen LogP contribution in [0.3, 0.4) is 0 Å². The summed E-state index contributed by atoms with van der Waals surface area (Å²) in [6, 6.07) is 2.90. The van der Waals surface area contributed by atoms with Crippen LogP contribution in [-0.2, 0) is 0 Å². The standard InChI is InChI=1S/C13H20N2O3/c1-3-9(4-2)11(16)8-15-12-7-10(13(17)18)5-6-14-12/h5-7,9,11,16H,3-4,8H2,1-2H3,(H,14,15)(H,17,18). The highest BCUT2D eigenvalue weighted by molar-refractivity contribution is 5.88. The van der Waals surface area contributed by atoms with E-state index in [-0.39, 0.29) is 11.5 Å². The van der Waals surface area contributed by atoms with Crippen LogP contribution in [-0.4, -0.2) is 33.8 Å². The number of rotatable bonds is 7. The molecule has 3 N–H and O–H groups in total. The maximum absolute atomic E-state index is 10.8. The number of carboxylic acids is 1. The van der Waals surface area contributed by atoms with Gasteiger partial charge in [0, 0.05) is 12.7 Å². The molecule has 5 nitrogen and oxygen atoms in total. The zero-order valence-corrected chi connectivity index (χ0v) is 10.8. The second-order valence-corrected chi connectivity index (χ2v) is 4.26. The van der Waals surface area contributed by atoms with E-state index in [0.717, 1.165) is 12.8 Å². The van der Waals surface area contributed by atoms with Crippen LogP contribution in [0.2, 0.25) is 0 Å². The van der Waals surface area contributed by atoms with Gasteiger partial charge in [0.1, 0.15) is 5.82 Å². The smallest absolute Gasteiger partial charge is 0.335 e. The van der Waals surface area contributed by atoms with Crippen LogP contribution in [0.15, 0.2) is 18.3 Å².